The maximum absolute atomic E-state index is 12.6. The third kappa shape index (κ3) is 9.03. The van der Waals surface area contributed by atoms with Crippen LogP contribution in [0.4, 0.5) is 0 Å². The molecule has 0 saturated carbocycles. The largest absolute Gasteiger partial charge is 0.457 e. The highest BCUT2D eigenvalue weighted by Gasteiger charge is 2.50. The Kier molecular flexibility index (Phi) is 12.0. The number of carbonyl (C=O) groups excluding carboxylic acids is 1. The summed E-state index contributed by atoms with van der Waals surface area (Å²) in [7, 11) is 1.71. The smallest absolute Gasteiger partial charge is 0.309 e. The van der Waals surface area contributed by atoms with Crippen LogP contribution in [0.1, 0.15) is 74.1 Å². The zero-order valence-electron chi connectivity index (χ0n) is 24.0. The molecule has 0 radical (unpaired) electrons. The standard InChI is InChI=1S/C30H50O7/c1-9-24(35-8)22(6)28-29(37-28)26(33)18(2)11-10-12-19(3)27-20(4)13-14-21(5)30(7,34)16-15-23(31)17-25(32)36-27/h10-14,18,20-24,26-29,31,33-34H,9,15-17H2,1-8H3/b11-10+,14-13+,19-12+/t18-,20+,21+,22-,23-,24+,26+,27-,28-,29-,30-/m1/s1. The van der Waals surface area contributed by atoms with Crippen molar-refractivity contribution in [2.45, 2.75) is 116 Å². The number of ether oxygens (including phenoxy) is 3. The van der Waals surface area contributed by atoms with Gasteiger partial charge < -0.3 is 29.5 Å². The Morgan fingerprint density at radius 3 is 2.57 bits per heavy atom. The molecule has 0 aliphatic carbocycles. The maximum Gasteiger partial charge on any atom is 0.309 e. The van der Waals surface area contributed by atoms with Crippen molar-refractivity contribution < 1.29 is 34.3 Å². The number of hydrogen-bond acceptors (Lipinski definition) is 7. The summed E-state index contributed by atoms with van der Waals surface area (Å²) in [6.45, 7) is 13.7. The fraction of sp³-hybridized carbons (Fsp3) is 0.767. The number of hydrogen-bond donors (Lipinski definition) is 3. The Balaban J connectivity index is 2.09. The lowest BCUT2D eigenvalue weighted by Gasteiger charge is -2.31. The molecule has 7 heteroatoms. The summed E-state index contributed by atoms with van der Waals surface area (Å²) in [5.74, 6) is -0.608. The van der Waals surface area contributed by atoms with Crippen LogP contribution in [0.2, 0.25) is 0 Å². The number of carbonyl (C=O) groups is 1. The van der Waals surface area contributed by atoms with E-state index in [1.165, 1.54) is 0 Å². The lowest BCUT2D eigenvalue weighted by Crippen LogP contribution is -2.34. The summed E-state index contributed by atoms with van der Waals surface area (Å²) in [4.78, 5) is 12.6. The quantitative estimate of drug-likeness (QED) is 0.179. The summed E-state index contributed by atoms with van der Waals surface area (Å²) in [6, 6.07) is 0. The molecule has 11 atom stereocenters. The number of aliphatic hydroxyl groups is 3. The van der Waals surface area contributed by atoms with Crippen LogP contribution in [-0.4, -0.2) is 70.6 Å². The average molecular weight is 523 g/mol. The number of rotatable bonds is 9. The van der Waals surface area contributed by atoms with E-state index in [1.54, 1.807) is 14.0 Å². The van der Waals surface area contributed by atoms with Gasteiger partial charge in [0.2, 0.25) is 0 Å². The van der Waals surface area contributed by atoms with Crippen LogP contribution in [0.5, 0.6) is 0 Å². The fourth-order valence-electron chi connectivity index (χ4n) is 5.12. The van der Waals surface area contributed by atoms with Crippen molar-refractivity contribution in [3.8, 4) is 0 Å². The number of epoxide rings is 1. The second-order valence-electron chi connectivity index (χ2n) is 11.4. The van der Waals surface area contributed by atoms with E-state index in [2.05, 4.69) is 13.8 Å². The first-order valence-corrected chi connectivity index (χ1v) is 13.8. The summed E-state index contributed by atoms with van der Waals surface area (Å²) in [6.07, 6.45) is 9.11. The van der Waals surface area contributed by atoms with E-state index in [-0.39, 0.29) is 48.4 Å². The highest BCUT2D eigenvalue weighted by Crippen LogP contribution is 2.37. The van der Waals surface area contributed by atoms with Gasteiger partial charge in [-0.3, -0.25) is 4.79 Å². The molecule has 0 spiro atoms. The minimum absolute atomic E-state index is 0.00480. The lowest BCUT2D eigenvalue weighted by atomic mass is 9.84. The first-order valence-electron chi connectivity index (χ1n) is 13.8. The van der Waals surface area contributed by atoms with Crippen molar-refractivity contribution in [2.75, 3.05) is 7.11 Å². The molecular formula is C30H50O7. The van der Waals surface area contributed by atoms with Gasteiger partial charge in [-0.1, -0.05) is 65.0 Å². The van der Waals surface area contributed by atoms with E-state index in [9.17, 15) is 20.1 Å². The molecule has 7 nitrogen and oxygen atoms in total. The van der Waals surface area contributed by atoms with Crippen molar-refractivity contribution in [2.24, 2.45) is 23.7 Å². The van der Waals surface area contributed by atoms with Crippen molar-refractivity contribution in [3.63, 3.8) is 0 Å². The minimum atomic E-state index is -0.969. The van der Waals surface area contributed by atoms with Crippen LogP contribution < -0.4 is 0 Å². The van der Waals surface area contributed by atoms with Crippen molar-refractivity contribution in [1.82, 2.24) is 0 Å². The second kappa shape index (κ2) is 14.0. The average Bonchev–Trinajstić information content (AvgIpc) is 3.64. The van der Waals surface area contributed by atoms with Gasteiger partial charge in [-0.2, -0.15) is 0 Å². The SMILES string of the molecule is CC[C@H](OC)[C@@H](C)[C@H]1O[C@@H]1[C@@H](O)[C@H](C)/C=C/C=C(\C)[C@H]1OC(=O)C[C@H](O)CC[C@@](C)(O)[C@@H](C)/C=C/[C@@H]1C. The zero-order valence-corrected chi connectivity index (χ0v) is 24.0. The van der Waals surface area contributed by atoms with Gasteiger partial charge in [0.15, 0.2) is 0 Å². The van der Waals surface area contributed by atoms with Crippen molar-refractivity contribution in [3.05, 3.63) is 36.0 Å². The number of esters is 1. The molecule has 0 aromatic heterocycles. The van der Waals surface area contributed by atoms with E-state index in [0.29, 0.717) is 12.8 Å². The monoisotopic (exact) mass is 522 g/mol. The first kappa shape index (κ1) is 31.7. The fourth-order valence-corrected chi connectivity index (χ4v) is 5.12. The molecule has 37 heavy (non-hydrogen) atoms. The van der Waals surface area contributed by atoms with Gasteiger partial charge >= 0.3 is 5.97 Å². The molecule has 3 N–H and O–H groups in total. The second-order valence-corrected chi connectivity index (χ2v) is 11.4. The molecule has 2 aliphatic rings. The highest BCUT2D eigenvalue weighted by atomic mass is 16.6. The van der Waals surface area contributed by atoms with Gasteiger partial charge in [0.25, 0.3) is 0 Å². The molecule has 1 fully saturated rings. The predicted molar refractivity (Wildman–Crippen MR) is 145 cm³/mol. The third-order valence-electron chi connectivity index (χ3n) is 8.28. The van der Waals surface area contributed by atoms with Crippen LogP contribution in [0.15, 0.2) is 36.0 Å². The van der Waals surface area contributed by atoms with Crippen LogP contribution in [0.3, 0.4) is 0 Å². The molecule has 0 bridgehead atoms. The minimum Gasteiger partial charge on any atom is -0.457 e. The normalized spacial score (nSPS) is 38.1. The van der Waals surface area contributed by atoms with E-state index >= 15 is 0 Å². The van der Waals surface area contributed by atoms with Gasteiger partial charge in [0, 0.05) is 30.8 Å². The third-order valence-corrected chi connectivity index (χ3v) is 8.28. The van der Waals surface area contributed by atoms with Gasteiger partial charge in [0.05, 0.1) is 36.4 Å². The number of aliphatic hydroxyl groups excluding tert-OH is 2. The Morgan fingerprint density at radius 2 is 1.95 bits per heavy atom. The molecule has 0 aromatic carbocycles. The number of methoxy groups -OCH3 is 1. The van der Waals surface area contributed by atoms with E-state index in [4.69, 9.17) is 14.2 Å². The molecule has 1 saturated heterocycles. The van der Waals surface area contributed by atoms with Crippen LogP contribution in [0.25, 0.3) is 0 Å². The summed E-state index contributed by atoms with van der Waals surface area (Å²) < 4.78 is 17.1. The summed E-state index contributed by atoms with van der Waals surface area (Å²) >= 11 is 0. The Hall–Kier alpha value is -1.51. The zero-order chi connectivity index (χ0) is 27.9. The molecule has 2 heterocycles. The Morgan fingerprint density at radius 1 is 1.27 bits per heavy atom. The number of cyclic esters (lactones) is 1. The Labute approximate surface area is 223 Å². The number of allylic oxidation sites excluding steroid dienone is 2. The lowest BCUT2D eigenvalue weighted by molar-refractivity contribution is -0.151. The highest BCUT2D eigenvalue weighted by molar-refractivity contribution is 5.70. The first-order chi connectivity index (χ1) is 17.3. The van der Waals surface area contributed by atoms with Crippen LogP contribution >= 0.6 is 0 Å². The topological polar surface area (TPSA) is 109 Å². The van der Waals surface area contributed by atoms with Crippen LogP contribution in [-0.2, 0) is 19.0 Å². The molecular weight excluding hydrogens is 472 g/mol. The molecule has 2 rings (SSSR count). The Bertz CT molecular complexity index is 813. The molecule has 0 amide bonds. The maximum atomic E-state index is 12.6. The van der Waals surface area contributed by atoms with Crippen molar-refractivity contribution in [1.29, 1.82) is 0 Å². The van der Waals surface area contributed by atoms with Gasteiger partial charge in [0.1, 0.15) is 12.2 Å². The summed E-state index contributed by atoms with van der Waals surface area (Å²) in [5, 5.41) is 31.9. The molecule has 212 valence electrons. The van der Waals surface area contributed by atoms with E-state index in [1.807, 2.05) is 58.1 Å². The molecule has 0 aromatic rings. The molecule has 0 unspecified atom stereocenters. The molecule has 2 aliphatic heterocycles. The van der Waals surface area contributed by atoms with Gasteiger partial charge in [-0.15, -0.1) is 0 Å². The summed E-state index contributed by atoms with van der Waals surface area (Å²) in [5.41, 5.74) is -0.113. The van der Waals surface area contributed by atoms with Gasteiger partial charge in [-0.05, 0) is 38.7 Å². The predicted octanol–water partition coefficient (Wildman–Crippen LogP) is 4.35. The van der Waals surface area contributed by atoms with Gasteiger partial charge in [-0.25, -0.2) is 0 Å². The van der Waals surface area contributed by atoms with E-state index in [0.717, 1.165) is 12.0 Å². The van der Waals surface area contributed by atoms with E-state index < -0.39 is 29.9 Å². The van der Waals surface area contributed by atoms with Crippen molar-refractivity contribution >= 4 is 5.97 Å². The van der Waals surface area contributed by atoms with Crippen LogP contribution in [0, 0.1) is 23.7 Å².